The van der Waals surface area contributed by atoms with Gasteiger partial charge in [0.05, 0.1) is 0 Å². The van der Waals surface area contributed by atoms with Crippen LogP contribution >= 0.6 is 0 Å². The molecule has 3 rings (SSSR count). The van der Waals surface area contributed by atoms with Crippen LogP contribution in [0.3, 0.4) is 0 Å². The number of terminal acetylenes is 1. The Morgan fingerprint density at radius 1 is 1.32 bits per heavy atom. The van der Waals surface area contributed by atoms with E-state index in [0.29, 0.717) is 11.3 Å². The molecule has 1 aromatic heterocycles. The maximum atomic E-state index is 11.8. The first-order valence-electron chi connectivity index (χ1n) is 7.45. The number of amides is 2. The van der Waals surface area contributed by atoms with Crippen molar-refractivity contribution < 1.29 is 24.2 Å². The highest BCUT2D eigenvalue weighted by molar-refractivity contribution is 6.14. The van der Waals surface area contributed by atoms with Gasteiger partial charge in [0.2, 0.25) is 0 Å². The zero-order valence-corrected chi connectivity index (χ0v) is 13.1. The molecule has 1 aliphatic rings. The first-order chi connectivity index (χ1) is 12.0. The molecule has 0 spiro atoms. The van der Waals surface area contributed by atoms with Crippen molar-refractivity contribution in [2.24, 2.45) is 0 Å². The molecule has 7 nitrogen and oxygen atoms in total. The summed E-state index contributed by atoms with van der Waals surface area (Å²) in [7, 11) is 0. The van der Waals surface area contributed by atoms with Gasteiger partial charge in [0.15, 0.2) is 0 Å². The van der Waals surface area contributed by atoms with Crippen LogP contribution in [0.4, 0.5) is 0 Å². The Kier molecular flexibility index (Phi) is 4.27. The number of ether oxygens (including phenoxy) is 1. The lowest BCUT2D eigenvalue weighted by Gasteiger charge is -2.22. The molecule has 1 aromatic carbocycles. The SMILES string of the molecule is C#CCOc1ccc2[nH]cc(C[C@H](C(=O)O)N3C(=O)C=CC3=O)c2c1. The Labute approximate surface area is 142 Å². The Bertz CT molecular complexity index is 917. The Balaban J connectivity index is 1.92. The highest BCUT2D eigenvalue weighted by Crippen LogP contribution is 2.26. The Hall–Kier alpha value is -3.53. The number of imide groups is 1. The van der Waals surface area contributed by atoms with Gasteiger partial charge in [-0.3, -0.25) is 14.5 Å². The summed E-state index contributed by atoms with van der Waals surface area (Å²) in [6.45, 7) is 0.117. The molecule has 0 unspecified atom stereocenters. The smallest absolute Gasteiger partial charge is 0.327 e. The number of hydrogen-bond donors (Lipinski definition) is 2. The third-order valence-electron chi connectivity index (χ3n) is 3.91. The van der Waals surface area contributed by atoms with Gasteiger partial charge in [-0.25, -0.2) is 4.79 Å². The Morgan fingerprint density at radius 2 is 2.04 bits per heavy atom. The minimum atomic E-state index is -1.29. The molecule has 7 heteroatoms. The van der Waals surface area contributed by atoms with Crippen molar-refractivity contribution in [1.82, 2.24) is 9.88 Å². The van der Waals surface area contributed by atoms with E-state index in [1.165, 1.54) is 0 Å². The molecule has 2 N–H and O–H groups in total. The standard InChI is InChI=1S/C18H14N2O5/c1-2-7-25-12-3-4-14-13(9-12)11(10-19-14)8-15(18(23)24)20-16(21)5-6-17(20)22/h1,3-6,9-10,15,19H,7-8H2,(H,23,24)/t15-/m1/s1. The molecule has 1 aliphatic heterocycles. The van der Waals surface area contributed by atoms with Crippen molar-refractivity contribution >= 4 is 28.7 Å². The molecule has 1 atom stereocenters. The maximum Gasteiger partial charge on any atom is 0.327 e. The van der Waals surface area contributed by atoms with E-state index in [1.54, 1.807) is 24.4 Å². The summed E-state index contributed by atoms with van der Waals surface area (Å²) in [6.07, 6.45) is 8.95. The lowest BCUT2D eigenvalue weighted by atomic mass is 10.0. The monoisotopic (exact) mass is 338 g/mol. The maximum absolute atomic E-state index is 11.8. The molecule has 2 heterocycles. The summed E-state index contributed by atoms with van der Waals surface area (Å²) >= 11 is 0. The normalized spacial score (nSPS) is 14.8. The summed E-state index contributed by atoms with van der Waals surface area (Å²) in [5, 5.41) is 10.2. The average Bonchev–Trinajstić information content (AvgIpc) is 3.14. The number of carboxylic acids is 1. The van der Waals surface area contributed by atoms with Crippen LogP contribution in [0.5, 0.6) is 5.75 Å². The molecule has 0 radical (unpaired) electrons. The van der Waals surface area contributed by atoms with E-state index in [0.717, 1.165) is 28.0 Å². The van der Waals surface area contributed by atoms with Crippen LogP contribution in [-0.2, 0) is 20.8 Å². The van der Waals surface area contributed by atoms with Gasteiger partial charge in [-0.15, -0.1) is 6.42 Å². The van der Waals surface area contributed by atoms with Crippen molar-refractivity contribution in [3.63, 3.8) is 0 Å². The van der Waals surface area contributed by atoms with Crippen LogP contribution in [0.25, 0.3) is 10.9 Å². The zero-order valence-electron chi connectivity index (χ0n) is 13.1. The number of carbonyl (C=O) groups is 3. The van der Waals surface area contributed by atoms with E-state index in [1.807, 2.05) is 0 Å². The summed E-state index contributed by atoms with van der Waals surface area (Å²) in [5.74, 6) is 0.410. The van der Waals surface area contributed by atoms with Crippen molar-refractivity contribution in [1.29, 1.82) is 0 Å². The predicted octanol–water partition coefficient (Wildman–Crippen LogP) is 1.10. The first kappa shape index (κ1) is 16.3. The van der Waals surface area contributed by atoms with Gasteiger partial charge in [-0.1, -0.05) is 5.92 Å². The number of H-pyrrole nitrogens is 1. The van der Waals surface area contributed by atoms with Crippen LogP contribution in [0.2, 0.25) is 0 Å². The number of carboxylic acid groups (broad SMARTS) is 1. The second kappa shape index (κ2) is 6.53. The summed E-state index contributed by atoms with van der Waals surface area (Å²) < 4.78 is 5.38. The van der Waals surface area contributed by atoms with E-state index in [2.05, 4.69) is 10.9 Å². The van der Waals surface area contributed by atoms with Gasteiger partial charge < -0.3 is 14.8 Å². The summed E-state index contributed by atoms with van der Waals surface area (Å²) in [4.78, 5) is 39.0. The van der Waals surface area contributed by atoms with E-state index in [-0.39, 0.29) is 13.0 Å². The van der Waals surface area contributed by atoms with Gasteiger partial charge in [-0.2, -0.15) is 0 Å². The second-order valence-electron chi connectivity index (χ2n) is 5.45. The van der Waals surface area contributed by atoms with E-state index in [4.69, 9.17) is 11.2 Å². The number of aromatic amines is 1. The summed E-state index contributed by atoms with van der Waals surface area (Å²) in [5.41, 5.74) is 1.44. The number of hydrogen-bond acceptors (Lipinski definition) is 4. The Morgan fingerprint density at radius 3 is 2.68 bits per heavy atom. The fraction of sp³-hybridized carbons (Fsp3) is 0.167. The molecule has 0 fully saturated rings. The zero-order chi connectivity index (χ0) is 18.0. The quantitative estimate of drug-likeness (QED) is 0.607. The lowest BCUT2D eigenvalue weighted by molar-refractivity contribution is -0.153. The van der Waals surface area contributed by atoms with Crippen LogP contribution < -0.4 is 4.74 Å². The number of aromatic nitrogens is 1. The van der Waals surface area contributed by atoms with Crippen molar-refractivity contribution in [2.75, 3.05) is 6.61 Å². The van der Waals surface area contributed by atoms with Crippen molar-refractivity contribution in [3.8, 4) is 18.1 Å². The third-order valence-corrected chi connectivity index (χ3v) is 3.91. The number of benzene rings is 1. The van der Waals surface area contributed by atoms with Gasteiger partial charge in [-0.05, 0) is 23.8 Å². The number of rotatable bonds is 6. The molecule has 2 aromatic rings. The van der Waals surface area contributed by atoms with Crippen LogP contribution in [-0.4, -0.2) is 45.4 Å². The van der Waals surface area contributed by atoms with Crippen LogP contribution in [0.15, 0.2) is 36.5 Å². The number of fused-ring (bicyclic) bond motifs is 1. The van der Waals surface area contributed by atoms with Gasteiger partial charge in [0.25, 0.3) is 11.8 Å². The fourth-order valence-electron chi connectivity index (χ4n) is 2.76. The first-order valence-corrected chi connectivity index (χ1v) is 7.45. The molecular weight excluding hydrogens is 324 g/mol. The largest absolute Gasteiger partial charge is 0.481 e. The number of nitrogens with one attached hydrogen (secondary N) is 1. The number of aliphatic carboxylic acids is 1. The highest BCUT2D eigenvalue weighted by Gasteiger charge is 2.36. The minimum absolute atomic E-state index is 0.0207. The topological polar surface area (TPSA) is 99.7 Å². The summed E-state index contributed by atoms with van der Waals surface area (Å²) in [6, 6.07) is 3.98. The van der Waals surface area contributed by atoms with Crippen LogP contribution in [0, 0.1) is 12.3 Å². The predicted molar refractivity (Wildman–Crippen MR) is 88.7 cm³/mol. The number of nitrogens with zero attached hydrogens (tertiary/aromatic N) is 1. The lowest BCUT2D eigenvalue weighted by Crippen LogP contribution is -2.46. The third kappa shape index (κ3) is 3.10. The van der Waals surface area contributed by atoms with Gasteiger partial charge in [0, 0.05) is 35.7 Å². The van der Waals surface area contributed by atoms with E-state index in [9.17, 15) is 19.5 Å². The average molecular weight is 338 g/mol. The molecule has 0 aliphatic carbocycles. The molecule has 126 valence electrons. The van der Waals surface area contributed by atoms with Crippen LogP contribution in [0.1, 0.15) is 5.56 Å². The highest BCUT2D eigenvalue weighted by atomic mass is 16.5. The fourth-order valence-corrected chi connectivity index (χ4v) is 2.76. The van der Waals surface area contributed by atoms with E-state index < -0.39 is 23.8 Å². The van der Waals surface area contributed by atoms with Crippen molar-refractivity contribution in [3.05, 3.63) is 42.1 Å². The molecule has 0 bridgehead atoms. The molecule has 0 saturated carbocycles. The molecular formula is C18H14N2O5. The molecule has 0 saturated heterocycles. The van der Waals surface area contributed by atoms with Gasteiger partial charge in [0.1, 0.15) is 18.4 Å². The van der Waals surface area contributed by atoms with Gasteiger partial charge >= 0.3 is 5.97 Å². The minimum Gasteiger partial charge on any atom is -0.481 e. The molecule has 25 heavy (non-hydrogen) atoms. The molecule has 2 amide bonds. The second-order valence-corrected chi connectivity index (χ2v) is 5.45. The van der Waals surface area contributed by atoms with E-state index >= 15 is 0 Å². The number of carbonyl (C=O) groups excluding carboxylic acids is 2. The van der Waals surface area contributed by atoms with Crippen molar-refractivity contribution in [2.45, 2.75) is 12.5 Å².